The number of hydrazone groups is 1. The average Bonchev–Trinajstić information content (AvgIpc) is 2.49. The number of benzene rings is 2. The van der Waals surface area contributed by atoms with Crippen molar-refractivity contribution in [2.45, 2.75) is 0 Å². The number of primary amides is 1. The third-order valence-corrected chi connectivity index (χ3v) is 2.62. The first-order chi connectivity index (χ1) is 9.68. The zero-order valence-corrected chi connectivity index (χ0v) is 10.7. The van der Waals surface area contributed by atoms with Crippen molar-refractivity contribution in [3.05, 3.63) is 71.8 Å². The molecule has 0 bridgehead atoms. The van der Waals surface area contributed by atoms with Crippen LogP contribution in [0.5, 0.6) is 0 Å². The lowest BCUT2D eigenvalue weighted by atomic mass is 10.0. The number of nitrogens with one attached hydrogen (secondary N) is 2. The largest absolute Gasteiger partial charge is 0.350 e. The third kappa shape index (κ3) is 3.29. The maximum Gasteiger partial charge on any atom is 0.332 e. The van der Waals surface area contributed by atoms with E-state index in [1.807, 2.05) is 60.7 Å². The van der Waals surface area contributed by atoms with Crippen molar-refractivity contribution in [3.8, 4) is 0 Å². The second-order valence-electron chi connectivity index (χ2n) is 4.04. The highest BCUT2D eigenvalue weighted by atomic mass is 16.2. The molecular weight excluding hydrogens is 252 g/mol. The molecule has 0 aliphatic rings. The van der Waals surface area contributed by atoms with Gasteiger partial charge in [-0.05, 0) is 0 Å². The summed E-state index contributed by atoms with van der Waals surface area (Å²) in [4.78, 5) is 10.8. The van der Waals surface area contributed by atoms with Gasteiger partial charge in [0.25, 0.3) is 0 Å². The van der Waals surface area contributed by atoms with Crippen molar-refractivity contribution in [3.63, 3.8) is 0 Å². The molecule has 0 saturated carbocycles. The lowest BCUT2D eigenvalue weighted by Gasteiger charge is -2.08. The molecule has 0 radical (unpaired) electrons. The van der Waals surface area contributed by atoms with Gasteiger partial charge in [0.15, 0.2) is 0 Å². The van der Waals surface area contributed by atoms with Crippen LogP contribution >= 0.6 is 0 Å². The summed E-state index contributed by atoms with van der Waals surface area (Å²) in [5.41, 5.74) is 9.22. The SMILES string of the molecule is N=C(/C(=N/NC(N)=O)c1ccccc1)c1ccccc1. The standard InChI is InChI=1S/C15H14N4O/c16-13(11-7-3-1-4-8-11)14(18-19-15(17)20)12-9-5-2-6-10-12/h1-10,16H,(H3,17,19,20)/b16-13?,18-14+. The monoisotopic (exact) mass is 266 g/mol. The maximum absolute atomic E-state index is 10.8. The summed E-state index contributed by atoms with van der Waals surface area (Å²) in [5, 5.41) is 12.2. The van der Waals surface area contributed by atoms with Gasteiger partial charge < -0.3 is 5.73 Å². The molecule has 0 heterocycles. The first-order valence-corrected chi connectivity index (χ1v) is 6.01. The van der Waals surface area contributed by atoms with Crippen molar-refractivity contribution in [1.29, 1.82) is 5.41 Å². The number of urea groups is 1. The van der Waals surface area contributed by atoms with Gasteiger partial charge in [-0.3, -0.25) is 5.41 Å². The van der Waals surface area contributed by atoms with Crippen molar-refractivity contribution in [2.75, 3.05) is 0 Å². The summed E-state index contributed by atoms with van der Waals surface area (Å²) in [6.07, 6.45) is 0. The Hall–Kier alpha value is -2.95. The fourth-order valence-electron chi connectivity index (χ4n) is 1.71. The highest BCUT2D eigenvalue weighted by Gasteiger charge is 2.12. The minimum absolute atomic E-state index is 0.213. The summed E-state index contributed by atoms with van der Waals surface area (Å²) >= 11 is 0. The number of rotatable bonds is 4. The minimum atomic E-state index is -0.765. The third-order valence-electron chi connectivity index (χ3n) is 2.62. The molecule has 2 amide bonds. The van der Waals surface area contributed by atoms with Gasteiger partial charge in [0.05, 0.1) is 5.71 Å². The molecule has 0 fully saturated rings. The zero-order chi connectivity index (χ0) is 14.4. The average molecular weight is 266 g/mol. The number of carbonyl (C=O) groups excluding carboxylic acids is 1. The van der Waals surface area contributed by atoms with Crippen molar-refractivity contribution >= 4 is 17.5 Å². The summed E-state index contributed by atoms with van der Waals surface area (Å²) in [5.74, 6) is 0. The Kier molecular flexibility index (Phi) is 4.24. The summed E-state index contributed by atoms with van der Waals surface area (Å²) in [7, 11) is 0. The molecule has 0 aliphatic carbocycles. The van der Waals surface area contributed by atoms with E-state index in [9.17, 15) is 4.79 Å². The van der Waals surface area contributed by atoms with Crippen LogP contribution in [0.1, 0.15) is 11.1 Å². The predicted molar refractivity (Wildman–Crippen MR) is 79.0 cm³/mol. The van der Waals surface area contributed by atoms with Crippen LogP contribution in [-0.2, 0) is 0 Å². The van der Waals surface area contributed by atoms with E-state index in [4.69, 9.17) is 11.1 Å². The predicted octanol–water partition coefficient (Wildman–Crippen LogP) is 2.13. The van der Waals surface area contributed by atoms with Gasteiger partial charge in [0, 0.05) is 11.1 Å². The van der Waals surface area contributed by atoms with E-state index in [-0.39, 0.29) is 5.71 Å². The minimum Gasteiger partial charge on any atom is -0.350 e. The lowest BCUT2D eigenvalue weighted by molar-refractivity contribution is 0.249. The number of hydrogen-bond acceptors (Lipinski definition) is 3. The summed E-state index contributed by atoms with van der Waals surface area (Å²) < 4.78 is 0. The van der Waals surface area contributed by atoms with Crippen LogP contribution in [-0.4, -0.2) is 17.5 Å². The van der Waals surface area contributed by atoms with Gasteiger partial charge >= 0.3 is 6.03 Å². The topological polar surface area (TPSA) is 91.3 Å². The van der Waals surface area contributed by atoms with E-state index >= 15 is 0 Å². The van der Waals surface area contributed by atoms with Crippen molar-refractivity contribution in [1.82, 2.24) is 5.43 Å². The van der Waals surface area contributed by atoms with E-state index in [1.165, 1.54) is 0 Å². The summed E-state index contributed by atoms with van der Waals surface area (Å²) in [6, 6.07) is 17.6. The van der Waals surface area contributed by atoms with Crippen LogP contribution in [0.25, 0.3) is 0 Å². The molecule has 20 heavy (non-hydrogen) atoms. The van der Waals surface area contributed by atoms with E-state index in [0.29, 0.717) is 11.3 Å². The zero-order valence-electron chi connectivity index (χ0n) is 10.7. The highest BCUT2D eigenvalue weighted by Crippen LogP contribution is 2.08. The second-order valence-corrected chi connectivity index (χ2v) is 4.04. The van der Waals surface area contributed by atoms with Gasteiger partial charge in [-0.15, -0.1) is 0 Å². The highest BCUT2D eigenvalue weighted by molar-refractivity contribution is 6.52. The van der Waals surface area contributed by atoms with Crippen LogP contribution in [0.2, 0.25) is 0 Å². The number of nitrogens with zero attached hydrogens (tertiary/aromatic N) is 1. The Morgan fingerprint density at radius 3 is 1.95 bits per heavy atom. The molecule has 2 aromatic carbocycles. The Labute approximate surface area is 116 Å². The molecule has 100 valence electrons. The van der Waals surface area contributed by atoms with Crippen molar-refractivity contribution < 1.29 is 4.79 Å². The first kappa shape index (κ1) is 13.5. The molecule has 0 spiro atoms. The fourth-order valence-corrected chi connectivity index (χ4v) is 1.71. The first-order valence-electron chi connectivity index (χ1n) is 6.01. The van der Waals surface area contributed by atoms with Crippen LogP contribution < -0.4 is 11.2 Å². The van der Waals surface area contributed by atoms with E-state index in [2.05, 4.69) is 10.5 Å². The Morgan fingerprint density at radius 1 is 0.950 bits per heavy atom. The van der Waals surface area contributed by atoms with Gasteiger partial charge in [0.2, 0.25) is 0 Å². The molecule has 0 atom stereocenters. The van der Waals surface area contributed by atoms with Gasteiger partial charge in [0.1, 0.15) is 5.71 Å². The smallest absolute Gasteiger partial charge is 0.332 e. The Morgan fingerprint density at radius 2 is 1.45 bits per heavy atom. The Balaban J connectivity index is 2.40. The van der Waals surface area contributed by atoms with Gasteiger partial charge in [-0.25, -0.2) is 10.2 Å². The normalized spacial score (nSPS) is 10.9. The lowest BCUT2D eigenvalue weighted by Crippen LogP contribution is -2.28. The van der Waals surface area contributed by atoms with Crippen molar-refractivity contribution in [2.24, 2.45) is 10.8 Å². The van der Waals surface area contributed by atoms with Gasteiger partial charge in [-0.2, -0.15) is 5.10 Å². The van der Waals surface area contributed by atoms with E-state index in [1.54, 1.807) is 0 Å². The molecule has 4 N–H and O–H groups in total. The molecule has 2 aromatic rings. The maximum atomic E-state index is 10.8. The Bertz CT molecular complexity index is 635. The number of hydrogen-bond donors (Lipinski definition) is 3. The quantitative estimate of drug-likeness (QED) is 0.574. The summed E-state index contributed by atoms with van der Waals surface area (Å²) in [6.45, 7) is 0. The van der Waals surface area contributed by atoms with Crippen LogP contribution in [0, 0.1) is 5.41 Å². The van der Waals surface area contributed by atoms with Crippen LogP contribution in [0.15, 0.2) is 65.8 Å². The van der Waals surface area contributed by atoms with Gasteiger partial charge in [-0.1, -0.05) is 60.7 Å². The molecule has 0 saturated heterocycles. The number of carbonyl (C=O) groups is 1. The van der Waals surface area contributed by atoms with E-state index in [0.717, 1.165) is 5.56 Å². The second kappa shape index (κ2) is 6.29. The fraction of sp³-hybridized carbons (Fsp3) is 0. The molecule has 0 aliphatic heterocycles. The van der Waals surface area contributed by atoms with E-state index < -0.39 is 6.03 Å². The van der Waals surface area contributed by atoms with Crippen LogP contribution in [0.3, 0.4) is 0 Å². The molecule has 5 heteroatoms. The number of nitrogens with two attached hydrogens (primary N) is 1. The number of amides is 2. The van der Waals surface area contributed by atoms with Crippen LogP contribution in [0.4, 0.5) is 4.79 Å². The molecule has 2 rings (SSSR count). The molecular formula is C15H14N4O. The molecule has 0 unspecified atom stereocenters. The molecule has 5 nitrogen and oxygen atoms in total. The molecule has 0 aromatic heterocycles.